The van der Waals surface area contributed by atoms with Gasteiger partial charge in [-0.1, -0.05) is 88.4 Å². The van der Waals surface area contributed by atoms with Gasteiger partial charge in [-0.15, -0.1) is 0 Å². The minimum absolute atomic E-state index is 0.137. The van der Waals surface area contributed by atoms with Crippen LogP contribution in [0.15, 0.2) is 60.7 Å². The fourth-order valence-electron chi connectivity index (χ4n) is 2.44. The first-order valence-corrected chi connectivity index (χ1v) is 10.8. The molecule has 0 N–H and O–H groups in total. The Morgan fingerprint density at radius 1 is 0.633 bits per heavy atom. The van der Waals surface area contributed by atoms with Crippen LogP contribution in [-0.4, -0.2) is 25.2 Å². The highest BCUT2D eigenvalue weighted by molar-refractivity contribution is 5.72. The second-order valence-electron chi connectivity index (χ2n) is 8.13. The normalized spacial score (nSPS) is 10.3. The van der Waals surface area contributed by atoms with Crippen LogP contribution in [0.25, 0.3) is 0 Å². The van der Waals surface area contributed by atoms with Gasteiger partial charge in [0.15, 0.2) is 0 Å². The molecule has 0 aromatic heterocycles. The Bertz CT molecular complexity index is 645. The predicted octanol–water partition coefficient (Wildman–Crippen LogP) is 5.64. The van der Waals surface area contributed by atoms with Gasteiger partial charge in [-0.25, -0.2) is 0 Å². The molecule has 0 atom stereocenters. The molecular formula is C26H36O4. The number of carbonyl (C=O) groups excluding carboxylic acids is 2. The van der Waals surface area contributed by atoms with Crippen molar-refractivity contribution in [3.8, 4) is 0 Å². The molecule has 0 saturated carbocycles. The summed E-state index contributed by atoms with van der Waals surface area (Å²) < 4.78 is 10.2. The van der Waals surface area contributed by atoms with Gasteiger partial charge in [0, 0.05) is 0 Å². The van der Waals surface area contributed by atoms with Crippen molar-refractivity contribution in [2.45, 2.75) is 53.4 Å². The number of benzene rings is 2. The van der Waals surface area contributed by atoms with Crippen molar-refractivity contribution < 1.29 is 19.1 Å². The SMILES string of the molecule is CC(C)CCOC(=O)Cc1ccccc1.CC(C)CCOC(=O)Cc1ccccc1. The smallest absolute Gasteiger partial charge is 0.310 e. The lowest BCUT2D eigenvalue weighted by atomic mass is 10.1. The molecule has 0 unspecified atom stereocenters. The van der Waals surface area contributed by atoms with Gasteiger partial charge in [-0.3, -0.25) is 9.59 Å². The van der Waals surface area contributed by atoms with Gasteiger partial charge in [0.1, 0.15) is 0 Å². The summed E-state index contributed by atoms with van der Waals surface area (Å²) >= 11 is 0. The van der Waals surface area contributed by atoms with E-state index in [0.717, 1.165) is 24.0 Å². The van der Waals surface area contributed by atoms with E-state index in [0.29, 0.717) is 37.9 Å². The van der Waals surface area contributed by atoms with Crippen molar-refractivity contribution in [2.24, 2.45) is 11.8 Å². The zero-order valence-corrected chi connectivity index (χ0v) is 18.8. The van der Waals surface area contributed by atoms with E-state index in [-0.39, 0.29) is 11.9 Å². The monoisotopic (exact) mass is 412 g/mol. The fraction of sp³-hybridized carbons (Fsp3) is 0.462. The second-order valence-corrected chi connectivity index (χ2v) is 8.13. The maximum atomic E-state index is 11.4. The number of hydrogen-bond donors (Lipinski definition) is 0. The van der Waals surface area contributed by atoms with Gasteiger partial charge in [0.2, 0.25) is 0 Å². The summed E-state index contributed by atoms with van der Waals surface area (Å²) in [4.78, 5) is 22.7. The number of ether oxygens (including phenoxy) is 2. The number of esters is 2. The molecule has 0 radical (unpaired) electrons. The standard InChI is InChI=1S/2C13H18O2/c2*1-11(2)8-9-15-13(14)10-12-6-4-3-5-7-12/h2*3-7,11H,8-10H2,1-2H3. The Balaban J connectivity index is 0.000000300. The van der Waals surface area contributed by atoms with Crippen LogP contribution in [0.4, 0.5) is 0 Å². The lowest BCUT2D eigenvalue weighted by molar-refractivity contribution is -0.144. The van der Waals surface area contributed by atoms with Crippen molar-refractivity contribution in [2.75, 3.05) is 13.2 Å². The van der Waals surface area contributed by atoms with E-state index in [2.05, 4.69) is 27.7 Å². The summed E-state index contributed by atoms with van der Waals surface area (Å²) in [5.74, 6) is 0.882. The Hall–Kier alpha value is -2.62. The highest BCUT2D eigenvalue weighted by Gasteiger charge is 2.05. The average molecular weight is 413 g/mol. The van der Waals surface area contributed by atoms with Gasteiger partial charge in [0.25, 0.3) is 0 Å². The van der Waals surface area contributed by atoms with Crippen LogP contribution >= 0.6 is 0 Å². The molecule has 0 saturated heterocycles. The number of hydrogen-bond acceptors (Lipinski definition) is 4. The van der Waals surface area contributed by atoms with Crippen LogP contribution in [0.2, 0.25) is 0 Å². The summed E-state index contributed by atoms with van der Waals surface area (Å²) in [5.41, 5.74) is 2.01. The first-order valence-electron chi connectivity index (χ1n) is 10.8. The van der Waals surface area contributed by atoms with Crippen molar-refractivity contribution in [1.82, 2.24) is 0 Å². The zero-order valence-electron chi connectivity index (χ0n) is 18.8. The molecule has 0 amide bonds. The molecule has 2 aromatic carbocycles. The highest BCUT2D eigenvalue weighted by Crippen LogP contribution is 2.04. The first kappa shape index (κ1) is 25.4. The molecule has 0 aliphatic carbocycles. The third-order valence-corrected chi connectivity index (χ3v) is 4.30. The summed E-state index contributed by atoms with van der Waals surface area (Å²) in [5, 5.41) is 0. The van der Waals surface area contributed by atoms with Gasteiger partial charge in [-0.2, -0.15) is 0 Å². The molecule has 0 aliphatic rings. The Kier molecular flexibility index (Phi) is 12.9. The molecule has 0 aliphatic heterocycles. The average Bonchev–Trinajstić information content (AvgIpc) is 2.69. The largest absolute Gasteiger partial charge is 0.465 e. The predicted molar refractivity (Wildman–Crippen MR) is 121 cm³/mol. The van der Waals surface area contributed by atoms with E-state index in [1.54, 1.807) is 0 Å². The third kappa shape index (κ3) is 13.5. The number of rotatable bonds is 10. The van der Waals surface area contributed by atoms with E-state index in [1.807, 2.05) is 60.7 Å². The van der Waals surface area contributed by atoms with Gasteiger partial charge in [-0.05, 0) is 35.8 Å². The molecule has 0 bridgehead atoms. The molecule has 4 nitrogen and oxygen atoms in total. The number of carbonyl (C=O) groups is 2. The minimum Gasteiger partial charge on any atom is -0.465 e. The lowest BCUT2D eigenvalue weighted by Crippen LogP contribution is -2.10. The molecule has 0 spiro atoms. The van der Waals surface area contributed by atoms with Crippen molar-refractivity contribution >= 4 is 11.9 Å². The van der Waals surface area contributed by atoms with Gasteiger partial charge < -0.3 is 9.47 Å². The summed E-state index contributed by atoms with van der Waals surface area (Å²) in [6.07, 6.45) is 2.61. The molecule has 30 heavy (non-hydrogen) atoms. The molecule has 164 valence electrons. The first-order chi connectivity index (χ1) is 14.4. The van der Waals surface area contributed by atoms with Crippen molar-refractivity contribution in [1.29, 1.82) is 0 Å². The summed E-state index contributed by atoms with van der Waals surface area (Å²) in [6.45, 7) is 9.53. The Morgan fingerprint density at radius 3 is 1.27 bits per heavy atom. The van der Waals surface area contributed by atoms with Crippen LogP contribution in [0.5, 0.6) is 0 Å². The molecule has 2 rings (SSSR count). The third-order valence-electron chi connectivity index (χ3n) is 4.30. The zero-order chi connectivity index (χ0) is 22.2. The van der Waals surface area contributed by atoms with Gasteiger partial charge >= 0.3 is 11.9 Å². The van der Waals surface area contributed by atoms with E-state index in [1.165, 1.54) is 0 Å². The molecule has 0 heterocycles. The van der Waals surface area contributed by atoms with Crippen LogP contribution in [-0.2, 0) is 31.9 Å². The summed E-state index contributed by atoms with van der Waals surface area (Å²) in [6, 6.07) is 19.3. The van der Waals surface area contributed by atoms with Crippen molar-refractivity contribution in [3.05, 3.63) is 71.8 Å². The van der Waals surface area contributed by atoms with Crippen LogP contribution in [0, 0.1) is 11.8 Å². The quantitative estimate of drug-likeness (QED) is 0.474. The molecule has 4 heteroatoms. The summed E-state index contributed by atoms with van der Waals surface area (Å²) in [7, 11) is 0. The Labute approximate surface area is 181 Å². The van der Waals surface area contributed by atoms with Crippen molar-refractivity contribution in [3.63, 3.8) is 0 Å². The molecule has 0 fully saturated rings. The second kappa shape index (κ2) is 15.3. The van der Waals surface area contributed by atoms with Crippen LogP contribution in [0.3, 0.4) is 0 Å². The lowest BCUT2D eigenvalue weighted by Gasteiger charge is -2.06. The van der Waals surface area contributed by atoms with E-state index in [4.69, 9.17) is 9.47 Å². The topological polar surface area (TPSA) is 52.6 Å². The van der Waals surface area contributed by atoms with E-state index < -0.39 is 0 Å². The minimum atomic E-state index is -0.137. The fourth-order valence-corrected chi connectivity index (χ4v) is 2.44. The van der Waals surface area contributed by atoms with E-state index >= 15 is 0 Å². The van der Waals surface area contributed by atoms with Crippen LogP contribution in [0.1, 0.15) is 51.7 Å². The van der Waals surface area contributed by atoms with Crippen LogP contribution < -0.4 is 0 Å². The molecule has 2 aromatic rings. The molecular weight excluding hydrogens is 376 g/mol. The van der Waals surface area contributed by atoms with E-state index in [9.17, 15) is 9.59 Å². The highest BCUT2D eigenvalue weighted by atomic mass is 16.5. The maximum Gasteiger partial charge on any atom is 0.310 e. The van der Waals surface area contributed by atoms with Gasteiger partial charge in [0.05, 0.1) is 26.1 Å². The maximum absolute atomic E-state index is 11.4. The Morgan fingerprint density at radius 2 is 0.967 bits per heavy atom.